The smallest absolute Gasteiger partial charge is 0.408 e. The molecule has 0 saturated carbocycles. The summed E-state index contributed by atoms with van der Waals surface area (Å²) in [5.74, 6) is -1.72. The van der Waals surface area contributed by atoms with Gasteiger partial charge in [-0.3, -0.25) is 4.79 Å². The average Bonchev–Trinajstić information content (AvgIpc) is 2.88. The van der Waals surface area contributed by atoms with Crippen LogP contribution >= 0.6 is 11.8 Å². The Morgan fingerprint density at radius 3 is 1.58 bits per heavy atom. The highest BCUT2D eigenvalue weighted by Crippen LogP contribution is 2.48. The van der Waals surface area contributed by atoms with E-state index in [4.69, 9.17) is 4.74 Å². The number of thioether (sulfide) groups is 1. The second kappa shape index (κ2) is 12.6. The van der Waals surface area contributed by atoms with Gasteiger partial charge in [-0.1, -0.05) is 91.0 Å². The molecular weight excluding hydrogens is 500 g/mol. The Labute approximate surface area is 228 Å². The number of aliphatic carboxylic acids is 1. The Kier molecular flexibility index (Phi) is 9.58. The lowest BCUT2D eigenvalue weighted by Crippen LogP contribution is -2.52. The molecule has 2 atom stereocenters. The van der Waals surface area contributed by atoms with Gasteiger partial charge in [-0.15, -0.1) is 11.8 Å². The Morgan fingerprint density at radius 2 is 1.21 bits per heavy atom. The molecule has 200 valence electrons. The van der Waals surface area contributed by atoms with Crippen LogP contribution in [0.1, 0.15) is 44.4 Å². The summed E-state index contributed by atoms with van der Waals surface area (Å²) in [5, 5.41) is 15.0. The molecule has 7 nitrogen and oxygen atoms in total. The van der Waals surface area contributed by atoms with Gasteiger partial charge in [0.15, 0.2) is 0 Å². The molecule has 0 aromatic heterocycles. The molecule has 8 heteroatoms. The summed E-state index contributed by atoms with van der Waals surface area (Å²) in [6.07, 6.45) is -0.752. The number of hydrogen-bond donors (Lipinski definition) is 3. The highest BCUT2D eigenvalue weighted by Gasteiger charge is 2.38. The predicted octanol–water partition coefficient (Wildman–Crippen LogP) is 5.19. The monoisotopic (exact) mass is 534 g/mol. The summed E-state index contributed by atoms with van der Waals surface area (Å²) in [6, 6.07) is 27.5. The quantitative estimate of drug-likeness (QED) is 0.309. The number of carboxylic acid groups (broad SMARTS) is 1. The molecule has 2 amide bonds. The fourth-order valence-electron chi connectivity index (χ4n) is 4.00. The third-order valence-corrected chi connectivity index (χ3v) is 7.39. The van der Waals surface area contributed by atoms with Crippen molar-refractivity contribution in [1.29, 1.82) is 0 Å². The Balaban J connectivity index is 1.90. The van der Waals surface area contributed by atoms with Gasteiger partial charge in [-0.05, 0) is 44.4 Å². The molecule has 1 unspecified atom stereocenters. The molecule has 0 aliphatic carbocycles. The van der Waals surface area contributed by atoms with Gasteiger partial charge in [-0.2, -0.15) is 0 Å². The van der Waals surface area contributed by atoms with E-state index in [-0.39, 0.29) is 5.75 Å². The first-order chi connectivity index (χ1) is 18.0. The van der Waals surface area contributed by atoms with Crippen LogP contribution < -0.4 is 10.6 Å². The standard InChI is InChI=1S/C30H34N2O5S/c1-21(31-28(36)37-29(2,3)4)26(33)32-25(27(34)35)20-38-30(22-14-8-5-9-15-22,23-16-10-6-11-17-23)24-18-12-7-13-19-24/h5-19,21,25H,20H2,1-4H3,(H,31,36)(H,32,33)(H,34,35)/t21-,25?/m0/s1. The SMILES string of the molecule is C[C@H](NC(=O)OC(C)(C)C)C(=O)NC(CSC(c1ccccc1)(c1ccccc1)c1ccccc1)C(=O)O. The van der Waals surface area contributed by atoms with E-state index < -0.39 is 40.4 Å². The summed E-state index contributed by atoms with van der Waals surface area (Å²) in [6.45, 7) is 6.63. The van der Waals surface area contributed by atoms with Gasteiger partial charge in [0, 0.05) is 5.75 Å². The Hall–Kier alpha value is -3.78. The van der Waals surface area contributed by atoms with Crippen molar-refractivity contribution in [3.05, 3.63) is 108 Å². The van der Waals surface area contributed by atoms with Crippen LogP contribution in [0.25, 0.3) is 0 Å². The predicted molar refractivity (Wildman–Crippen MR) is 150 cm³/mol. The third-order valence-electron chi connectivity index (χ3n) is 5.75. The van der Waals surface area contributed by atoms with Gasteiger partial charge in [-0.25, -0.2) is 9.59 Å². The van der Waals surface area contributed by atoms with E-state index in [9.17, 15) is 19.5 Å². The second-order valence-electron chi connectivity index (χ2n) is 9.86. The number of carbonyl (C=O) groups excluding carboxylic acids is 2. The minimum atomic E-state index is -1.20. The molecule has 3 N–H and O–H groups in total. The molecule has 0 spiro atoms. The number of alkyl carbamates (subject to hydrolysis) is 1. The number of nitrogens with one attached hydrogen (secondary N) is 2. The van der Waals surface area contributed by atoms with Crippen molar-refractivity contribution in [3.8, 4) is 0 Å². The van der Waals surface area contributed by atoms with Crippen LogP contribution in [-0.2, 0) is 19.1 Å². The number of carbonyl (C=O) groups is 3. The normalized spacial score (nSPS) is 13.2. The van der Waals surface area contributed by atoms with Crippen LogP contribution in [0.4, 0.5) is 4.79 Å². The van der Waals surface area contributed by atoms with Crippen molar-refractivity contribution < 1.29 is 24.2 Å². The van der Waals surface area contributed by atoms with Gasteiger partial charge in [0.2, 0.25) is 5.91 Å². The zero-order chi connectivity index (χ0) is 27.8. The molecular formula is C30H34N2O5S. The first-order valence-electron chi connectivity index (χ1n) is 12.4. The van der Waals surface area contributed by atoms with Crippen LogP contribution in [0.15, 0.2) is 91.0 Å². The van der Waals surface area contributed by atoms with E-state index in [0.29, 0.717) is 0 Å². The molecule has 38 heavy (non-hydrogen) atoms. The summed E-state index contributed by atoms with van der Waals surface area (Å²) in [7, 11) is 0. The molecule has 0 fully saturated rings. The highest BCUT2D eigenvalue weighted by molar-refractivity contribution is 8.00. The lowest BCUT2D eigenvalue weighted by molar-refractivity contribution is -0.141. The van der Waals surface area contributed by atoms with Crippen molar-refractivity contribution >= 4 is 29.7 Å². The maximum atomic E-state index is 12.8. The summed E-state index contributed by atoms with van der Waals surface area (Å²) >= 11 is 1.43. The van der Waals surface area contributed by atoms with Crippen molar-refractivity contribution in [3.63, 3.8) is 0 Å². The third kappa shape index (κ3) is 7.38. The number of ether oxygens (including phenoxy) is 1. The van der Waals surface area contributed by atoms with E-state index in [1.54, 1.807) is 20.8 Å². The molecule has 0 aliphatic rings. The molecule has 0 radical (unpaired) electrons. The molecule has 0 bridgehead atoms. The first kappa shape index (κ1) is 28.8. The zero-order valence-corrected chi connectivity index (χ0v) is 22.8. The van der Waals surface area contributed by atoms with Gasteiger partial charge in [0.05, 0.1) is 4.75 Å². The average molecular weight is 535 g/mol. The maximum absolute atomic E-state index is 12.8. The van der Waals surface area contributed by atoms with Crippen molar-refractivity contribution in [1.82, 2.24) is 10.6 Å². The van der Waals surface area contributed by atoms with Gasteiger partial charge >= 0.3 is 12.1 Å². The van der Waals surface area contributed by atoms with Crippen LogP contribution in [0.3, 0.4) is 0 Å². The zero-order valence-electron chi connectivity index (χ0n) is 22.0. The van der Waals surface area contributed by atoms with E-state index >= 15 is 0 Å². The minimum Gasteiger partial charge on any atom is -0.480 e. The Bertz CT molecular complexity index is 1120. The molecule has 3 aromatic carbocycles. The van der Waals surface area contributed by atoms with Crippen LogP contribution in [-0.4, -0.2) is 46.5 Å². The maximum Gasteiger partial charge on any atom is 0.408 e. The van der Waals surface area contributed by atoms with Gasteiger partial charge < -0.3 is 20.5 Å². The fraction of sp³-hybridized carbons (Fsp3) is 0.300. The lowest BCUT2D eigenvalue weighted by atomic mass is 9.84. The number of benzene rings is 3. The molecule has 0 saturated heterocycles. The summed E-state index contributed by atoms with van der Waals surface area (Å²) < 4.78 is 4.47. The van der Waals surface area contributed by atoms with E-state index in [0.717, 1.165) is 16.7 Å². The van der Waals surface area contributed by atoms with Crippen molar-refractivity contribution in [2.75, 3.05) is 5.75 Å². The fourth-order valence-corrected chi connectivity index (χ4v) is 5.55. The van der Waals surface area contributed by atoms with Gasteiger partial charge in [0.1, 0.15) is 17.7 Å². The number of carboxylic acids is 1. The summed E-state index contributed by atoms with van der Waals surface area (Å²) in [5.41, 5.74) is 2.23. The van der Waals surface area contributed by atoms with Crippen LogP contribution in [0.5, 0.6) is 0 Å². The number of rotatable bonds is 10. The van der Waals surface area contributed by atoms with E-state index in [1.807, 2.05) is 91.0 Å². The highest BCUT2D eigenvalue weighted by atomic mass is 32.2. The largest absolute Gasteiger partial charge is 0.480 e. The molecule has 3 rings (SSSR count). The first-order valence-corrected chi connectivity index (χ1v) is 13.3. The van der Waals surface area contributed by atoms with Gasteiger partial charge in [0.25, 0.3) is 0 Å². The number of hydrogen-bond acceptors (Lipinski definition) is 5. The molecule has 0 heterocycles. The summed E-state index contributed by atoms with van der Waals surface area (Å²) in [4.78, 5) is 37.2. The number of amides is 2. The van der Waals surface area contributed by atoms with Crippen LogP contribution in [0.2, 0.25) is 0 Å². The Morgan fingerprint density at radius 1 is 0.789 bits per heavy atom. The molecule has 3 aromatic rings. The van der Waals surface area contributed by atoms with E-state index in [1.165, 1.54) is 18.7 Å². The minimum absolute atomic E-state index is 0.0684. The van der Waals surface area contributed by atoms with Crippen LogP contribution in [0, 0.1) is 0 Å². The van der Waals surface area contributed by atoms with Crippen molar-refractivity contribution in [2.24, 2.45) is 0 Å². The topological polar surface area (TPSA) is 105 Å². The lowest BCUT2D eigenvalue weighted by Gasteiger charge is -2.36. The van der Waals surface area contributed by atoms with E-state index in [2.05, 4.69) is 10.6 Å². The second-order valence-corrected chi connectivity index (χ2v) is 11.1. The molecule has 0 aliphatic heterocycles. The van der Waals surface area contributed by atoms with Crippen molar-refractivity contribution in [2.45, 2.75) is 50.1 Å².